The first-order valence-electron chi connectivity index (χ1n) is 4.36. The smallest absolute Gasteiger partial charge is 0.0373 e. The number of pyridine rings is 1. The fraction of sp³-hybridized carbons (Fsp3) is 0.500. The summed E-state index contributed by atoms with van der Waals surface area (Å²) in [6.45, 7) is 6.60. The third kappa shape index (κ3) is 2.53. The zero-order valence-electron chi connectivity index (χ0n) is 7.91. The highest BCUT2D eigenvalue weighted by Crippen LogP contribution is 2.10. The molecule has 0 spiro atoms. The molecule has 1 unspecified atom stereocenters. The van der Waals surface area contributed by atoms with Gasteiger partial charge in [0.2, 0.25) is 0 Å². The standard InChI is InChI=1S/C10H16N2/c1-8(2)9(3)12-10-4-6-11-7-5-10/h4-9H,1-3H3,(H,11,12). The Morgan fingerprint density at radius 1 is 1.17 bits per heavy atom. The van der Waals surface area contributed by atoms with E-state index in [0.717, 1.165) is 5.69 Å². The van der Waals surface area contributed by atoms with Crippen LogP contribution in [0.4, 0.5) is 5.69 Å². The van der Waals surface area contributed by atoms with Crippen LogP contribution < -0.4 is 5.32 Å². The van der Waals surface area contributed by atoms with Gasteiger partial charge in [-0.2, -0.15) is 0 Å². The summed E-state index contributed by atoms with van der Waals surface area (Å²) in [7, 11) is 0. The van der Waals surface area contributed by atoms with Crippen molar-refractivity contribution in [2.75, 3.05) is 5.32 Å². The van der Waals surface area contributed by atoms with Crippen LogP contribution in [0.25, 0.3) is 0 Å². The van der Waals surface area contributed by atoms with Crippen LogP contribution in [0.5, 0.6) is 0 Å². The van der Waals surface area contributed by atoms with E-state index in [9.17, 15) is 0 Å². The Kier molecular flexibility index (Phi) is 3.09. The average Bonchev–Trinajstić information content (AvgIpc) is 2.06. The van der Waals surface area contributed by atoms with Gasteiger partial charge in [-0.15, -0.1) is 0 Å². The highest BCUT2D eigenvalue weighted by atomic mass is 14.9. The summed E-state index contributed by atoms with van der Waals surface area (Å²) >= 11 is 0. The Morgan fingerprint density at radius 2 is 1.75 bits per heavy atom. The molecule has 0 radical (unpaired) electrons. The normalized spacial score (nSPS) is 13.0. The van der Waals surface area contributed by atoms with Gasteiger partial charge < -0.3 is 5.32 Å². The largest absolute Gasteiger partial charge is 0.382 e. The molecule has 0 aliphatic carbocycles. The highest BCUT2D eigenvalue weighted by Gasteiger charge is 2.05. The monoisotopic (exact) mass is 164 g/mol. The molecule has 66 valence electrons. The molecule has 0 bridgehead atoms. The first kappa shape index (κ1) is 9.04. The van der Waals surface area contributed by atoms with Gasteiger partial charge in [-0.3, -0.25) is 4.98 Å². The number of nitrogens with zero attached hydrogens (tertiary/aromatic N) is 1. The topological polar surface area (TPSA) is 24.9 Å². The van der Waals surface area contributed by atoms with E-state index < -0.39 is 0 Å². The fourth-order valence-electron chi connectivity index (χ4n) is 0.878. The summed E-state index contributed by atoms with van der Waals surface area (Å²) in [5.74, 6) is 0.651. The number of aromatic nitrogens is 1. The van der Waals surface area contributed by atoms with Crippen molar-refractivity contribution in [3.05, 3.63) is 24.5 Å². The lowest BCUT2D eigenvalue weighted by Gasteiger charge is -2.18. The van der Waals surface area contributed by atoms with Crippen molar-refractivity contribution >= 4 is 5.69 Å². The minimum atomic E-state index is 0.507. The predicted octanol–water partition coefficient (Wildman–Crippen LogP) is 2.54. The van der Waals surface area contributed by atoms with Gasteiger partial charge in [0.25, 0.3) is 0 Å². The Bertz CT molecular complexity index is 219. The minimum Gasteiger partial charge on any atom is -0.382 e. The van der Waals surface area contributed by atoms with Gasteiger partial charge in [0, 0.05) is 24.1 Å². The number of anilines is 1. The molecule has 2 heteroatoms. The van der Waals surface area contributed by atoms with Crippen LogP contribution in [-0.2, 0) is 0 Å². The molecule has 0 aliphatic heterocycles. The second-order valence-corrected chi connectivity index (χ2v) is 3.41. The second-order valence-electron chi connectivity index (χ2n) is 3.41. The molecule has 0 saturated heterocycles. The lowest BCUT2D eigenvalue weighted by Crippen LogP contribution is -2.21. The van der Waals surface area contributed by atoms with Crippen LogP contribution in [-0.4, -0.2) is 11.0 Å². The van der Waals surface area contributed by atoms with Crippen molar-refractivity contribution in [1.82, 2.24) is 4.98 Å². The van der Waals surface area contributed by atoms with Gasteiger partial charge in [0.1, 0.15) is 0 Å². The molecular formula is C10H16N2. The fourth-order valence-corrected chi connectivity index (χ4v) is 0.878. The predicted molar refractivity (Wildman–Crippen MR) is 52.2 cm³/mol. The SMILES string of the molecule is CC(C)C(C)Nc1ccncc1. The molecule has 1 heterocycles. The average molecular weight is 164 g/mol. The van der Waals surface area contributed by atoms with Crippen LogP contribution >= 0.6 is 0 Å². The molecule has 1 aromatic rings. The van der Waals surface area contributed by atoms with Crippen molar-refractivity contribution < 1.29 is 0 Å². The summed E-state index contributed by atoms with van der Waals surface area (Å²) in [4.78, 5) is 3.96. The lowest BCUT2D eigenvalue weighted by molar-refractivity contribution is 0.560. The van der Waals surface area contributed by atoms with Gasteiger partial charge in [-0.05, 0) is 25.0 Å². The van der Waals surface area contributed by atoms with Crippen LogP contribution in [0.1, 0.15) is 20.8 Å². The van der Waals surface area contributed by atoms with Gasteiger partial charge in [0.15, 0.2) is 0 Å². The van der Waals surface area contributed by atoms with E-state index in [0.29, 0.717) is 12.0 Å². The van der Waals surface area contributed by atoms with Gasteiger partial charge in [-0.1, -0.05) is 13.8 Å². The van der Waals surface area contributed by atoms with Crippen molar-refractivity contribution in [3.8, 4) is 0 Å². The first-order valence-corrected chi connectivity index (χ1v) is 4.36. The van der Waals surface area contributed by atoms with E-state index in [2.05, 4.69) is 31.1 Å². The Labute approximate surface area is 74.0 Å². The third-order valence-corrected chi connectivity index (χ3v) is 2.07. The molecule has 0 fully saturated rings. The van der Waals surface area contributed by atoms with Gasteiger partial charge >= 0.3 is 0 Å². The van der Waals surface area contributed by atoms with Gasteiger partial charge in [-0.25, -0.2) is 0 Å². The number of hydrogen-bond donors (Lipinski definition) is 1. The third-order valence-electron chi connectivity index (χ3n) is 2.07. The number of nitrogens with one attached hydrogen (secondary N) is 1. The molecule has 12 heavy (non-hydrogen) atoms. The Balaban J connectivity index is 2.53. The summed E-state index contributed by atoms with van der Waals surface area (Å²) in [6.07, 6.45) is 3.60. The van der Waals surface area contributed by atoms with E-state index in [1.54, 1.807) is 12.4 Å². The Morgan fingerprint density at radius 3 is 2.25 bits per heavy atom. The number of rotatable bonds is 3. The maximum absolute atomic E-state index is 3.96. The van der Waals surface area contributed by atoms with E-state index in [-0.39, 0.29) is 0 Å². The zero-order chi connectivity index (χ0) is 8.97. The molecule has 1 aromatic heterocycles. The Hall–Kier alpha value is -1.05. The summed E-state index contributed by atoms with van der Waals surface area (Å²) in [5.41, 5.74) is 1.14. The van der Waals surface area contributed by atoms with Crippen molar-refractivity contribution in [2.45, 2.75) is 26.8 Å². The molecule has 2 nitrogen and oxygen atoms in total. The quantitative estimate of drug-likeness (QED) is 0.742. The highest BCUT2D eigenvalue weighted by molar-refractivity contribution is 5.41. The van der Waals surface area contributed by atoms with Crippen LogP contribution in [0.3, 0.4) is 0 Å². The maximum Gasteiger partial charge on any atom is 0.0373 e. The van der Waals surface area contributed by atoms with E-state index in [1.807, 2.05) is 12.1 Å². The molecule has 1 rings (SSSR count). The van der Waals surface area contributed by atoms with Crippen LogP contribution in [0.2, 0.25) is 0 Å². The first-order chi connectivity index (χ1) is 5.70. The van der Waals surface area contributed by atoms with E-state index in [1.165, 1.54) is 0 Å². The van der Waals surface area contributed by atoms with Crippen molar-refractivity contribution in [3.63, 3.8) is 0 Å². The maximum atomic E-state index is 3.96. The minimum absolute atomic E-state index is 0.507. The summed E-state index contributed by atoms with van der Waals surface area (Å²) < 4.78 is 0. The molecule has 0 aromatic carbocycles. The summed E-state index contributed by atoms with van der Waals surface area (Å²) in [6, 6.07) is 4.48. The molecule has 0 saturated carbocycles. The van der Waals surface area contributed by atoms with Crippen LogP contribution in [0.15, 0.2) is 24.5 Å². The van der Waals surface area contributed by atoms with Crippen molar-refractivity contribution in [1.29, 1.82) is 0 Å². The second kappa shape index (κ2) is 4.10. The molecular weight excluding hydrogens is 148 g/mol. The van der Waals surface area contributed by atoms with Gasteiger partial charge in [0.05, 0.1) is 0 Å². The van der Waals surface area contributed by atoms with Crippen molar-refractivity contribution in [2.24, 2.45) is 5.92 Å². The lowest BCUT2D eigenvalue weighted by atomic mass is 10.1. The molecule has 0 amide bonds. The zero-order valence-corrected chi connectivity index (χ0v) is 7.91. The van der Waals surface area contributed by atoms with E-state index in [4.69, 9.17) is 0 Å². The number of hydrogen-bond acceptors (Lipinski definition) is 2. The molecule has 1 N–H and O–H groups in total. The molecule has 0 aliphatic rings. The van der Waals surface area contributed by atoms with E-state index >= 15 is 0 Å². The molecule has 1 atom stereocenters. The summed E-state index contributed by atoms with van der Waals surface area (Å²) in [5, 5.41) is 3.40. The van der Waals surface area contributed by atoms with Crippen LogP contribution in [0, 0.1) is 5.92 Å².